The SMILES string of the molecule is COC(=O)c1ccnc(NC(C)CCC(C)C)c1N. The molecular formula is C14H23N3O2. The molecule has 3 N–H and O–H groups in total. The molecule has 0 bridgehead atoms. The molecule has 0 fully saturated rings. The van der Waals surface area contributed by atoms with E-state index in [0.717, 1.165) is 12.8 Å². The third kappa shape index (κ3) is 4.43. The molecular weight excluding hydrogens is 242 g/mol. The molecule has 1 heterocycles. The second-order valence-electron chi connectivity index (χ2n) is 5.13. The van der Waals surface area contributed by atoms with E-state index in [1.165, 1.54) is 7.11 Å². The van der Waals surface area contributed by atoms with E-state index in [0.29, 0.717) is 23.0 Å². The van der Waals surface area contributed by atoms with Crippen molar-refractivity contribution in [3.63, 3.8) is 0 Å². The van der Waals surface area contributed by atoms with Crippen LogP contribution < -0.4 is 11.1 Å². The van der Waals surface area contributed by atoms with Gasteiger partial charge in [-0.05, 0) is 31.7 Å². The minimum Gasteiger partial charge on any atom is -0.465 e. The summed E-state index contributed by atoms with van der Waals surface area (Å²) in [5, 5.41) is 3.24. The Balaban J connectivity index is 2.76. The number of nitrogens with two attached hydrogens (primary N) is 1. The van der Waals surface area contributed by atoms with Gasteiger partial charge in [-0.3, -0.25) is 0 Å². The Labute approximate surface area is 114 Å². The fourth-order valence-corrected chi connectivity index (χ4v) is 1.77. The van der Waals surface area contributed by atoms with Gasteiger partial charge in [0.05, 0.1) is 18.4 Å². The number of hydrogen-bond acceptors (Lipinski definition) is 5. The highest BCUT2D eigenvalue weighted by molar-refractivity contribution is 5.97. The largest absolute Gasteiger partial charge is 0.465 e. The number of ether oxygens (including phenoxy) is 1. The first-order chi connectivity index (χ1) is 8.95. The molecule has 0 aromatic carbocycles. The molecule has 5 nitrogen and oxygen atoms in total. The van der Waals surface area contributed by atoms with E-state index in [4.69, 9.17) is 5.73 Å². The van der Waals surface area contributed by atoms with Crippen molar-refractivity contribution in [3.05, 3.63) is 17.8 Å². The van der Waals surface area contributed by atoms with Gasteiger partial charge in [0.1, 0.15) is 5.82 Å². The maximum atomic E-state index is 11.5. The molecule has 0 saturated carbocycles. The Kier molecular flexibility index (Phi) is 5.60. The molecule has 1 unspecified atom stereocenters. The zero-order valence-electron chi connectivity index (χ0n) is 12.1. The average molecular weight is 265 g/mol. The van der Waals surface area contributed by atoms with Crippen molar-refractivity contribution in [1.82, 2.24) is 4.98 Å². The van der Waals surface area contributed by atoms with Crippen LogP contribution in [0.2, 0.25) is 0 Å². The summed E-state index contributed by atoms with van der Waals surface area (Å²) in [6, 6.07) is 1.82. The lowest BCUT2D eigenvalue weighted by Crippen LogP contribution is -2.19. The summed E-state index contributed by atoms with van der Waals surface area (Å²) in [5.41, 5.74) is 6.62. The normalized spacial score (nSPS) is 12.3. The Morgan fingerprint density at radius 1 is 1.42 bits per heavy atom. The predicted molar refractivity (Wildman–Crippen MR) is 77.1 cm³/mol. The van der Waals surface area contributed by atoms with Gasteiger partial charge in [-0.2, -0.15) is 0 Å². The summed E-state index contributed by atoms with van der Waals surface area (Å²) in [6.07, 6.45) is 3.71. The van der Waals surface area contributed by atoms with Crippen molar-refractivity contribution in [1.29, 1.82) is 0 Å². The van der Waals surface area contributed by atoms with Gasteiger partial charge >= 0.3 is 5.97 Å². The number of carbonyl (C=O) groups excluding carboxylic acids is 1. The molecule has 1 rings (SSSR count). The third-order valence-corrected chi connectivity index (χ3v) is 2.96. The van der Waals surface area contributed by atoms with Crippen LogP contribution in [0, 0.1) is 5.92 Å². The highest BCUT2D eigenvalue weighted by atomic mass is 16.5. The van der Waals surface area contributed by atoms with Gasteiger partial charge in [-0.15, -0.1) is 0 Å². The molecule has 1 aromatic heterocycles. The first kappa shape index (κ1) is 15.3. The van der Waals surface area contributed by atoms with E-state index >= 15 is 0 Å². The number of carbonyl (C=O) groups is 1. The number of nitrogens with zero attached hydrogens (tertiary/aromatic N) is 1. The number of aromatic nitrogens is 1. The maximum Gasteiger partial charge on any atom is 0.340 e. The maximum absolute atomic E-state index is 11.5. The van der Waals surface area contributed by atoms with Crippen LogP contribution in [0.15, 0.2) is 12.3 Å². The van der Waals surface area contributed by atoms with Crippen LogP contribution >= 0.6 is 0 Å². The van der Waals surface area contributed by atoms with Crippen molar-refractivity contribution in [2.75, 3.05) is 18.2 Å². The van der Waals surface area contributed by atoms with Crippen molar-refractivity contribution in [3.8, 4) is 0 Å². The van der Waals surface area contributed by atoms with Gasteiger partial charge in [-0.1, -0.05) is 13.8 Å². The number of anilines is 2. The van der Waals surface area contributed by atoms with Crippen molar-refractivity contribution in [2.45, 2.75) is 39.7 Å². The van der Waals surface area contributed by atoms with Crippen LogP contribution in [-0.2, 0) is 4.74 Å². The lowest BCUT2D eigenvalue weighted by atomic mass is 10.0. The topological polar surface area (TPSA) is 77.2 Å². The quantitative estimate of drug-likeness (QED) is 0.773. The van der Waals surface area contributed by atoms with E-state index in [9.17, 15) is 4.79 Å². The summed E-state index contributed by atoms with van der Waals surface area (Å²) >= 11 is 0. The molecule has 106 valence electrons. The number of pyridine rings is 1. The number of methoxy groups -OCH3 is 1. The Morgan fingerprint density at radius 2 is 2.11 bits per heavy atom. The molecule has 0 saturated heterocycles. The predicted octanol–water partition coefficient (Wildman–Crippen LogP) is 2.69. The van der Waals surface area contributed by atoms with Gasteiger partial charge in [0.25, 0.3) is 0 Å². The lowest BCUT2D eigenvalue weighted by molar-refractivity contribution is 0.0602. The van der Waals surface area contributed by atoms with Crippen molar-refractivity contribution >= 4 is 17.5 Å². The van der Waals surface area contributed by atoms with E-state index < -0.39 is 5.97 Å². The van der Waals surface area contributed by atoms with Crippen LogP contribution in [0.25, 0.3) is 0 Å². The first-order valence-corrected chi connectivity index (χ1v) is 6.55. The summed E-state index contributed by atoms with van der Waals surface area (Å²) in [5.74, 6) is 0.757. The molecule has 0 aliphatic rings. The third-order valence-electron chi connectivity index (χ3n) is 2.96. The minimum absolute atomic E-state index is 0.255. The fourth-order valence-electron chi connectivity index (χ4n) is 1.77. The zero-order chi connectivity index (χ0) is 14.4. The minimum atomic E-state index is -0.446. The van der Waals surface area contributed by atoms with Gasteiger partial charge in [-0.25, -0.2) is 9.78 Å². The van der Waals surface area contributed by atoms with E-state index in [1.54, 1.807) is 12.3 Å². The van der Waals surface area contributed by atoms with Crippen molar-refractivity contribution in [2.24, 2.45) is 5.92 Å². The van der Waals surface area contributed by atoms with Gasteiger partial charge in [0.2, 0.25) is 0 Å². The summed E-state index contributed by atoms with van der Waals surface area (Å²) in [6.45, 7) is 6.46. The number of nitrogen functional groups attached to an aromatic ring is 1. The fraction of sp³-hybridized carbons (Fsp3) is 0.571. The number of nitrogens with one attached hydrogen (secondary N) is 1. The lowest BCUT2D eigenvalue weighted by Gasteiger charge is -2.17. The standard InChI is InChI=1S/C14H23N3O2/c1-9(2)5-6-10(3)17-13-12(15)11(7-8-16-13)14(18)19-4/h7-10H,5-6,15H2,1-4H3,(H,16,17). The molecule has 0 aliphatic carbocycles. The molecule has 19 heavy (non-hydrogen) atoms. The molecule has 0 aliphatic heterocycles. The molecule has 1 aromatic rings. The van der Waals surface area contributed by atoms with Crippen LogP contribution in [0.3, 0.4) is 0 Å². The number of esters is 1. The summed E-state index contributed by atoms with van der Waals surface area (Å²) in [7, 11) is 1.33. The highest BCUT2D eigenvalue weighted by Gasteiger charge is 2.15. The van der Waals surface area contributed by atoms with Crippen LogP contribution in [-0.4, -0.2) is 24.1 Å². The average Bonchev–Trinajstić information content (AvgIpc) is 2.38. The first-order valence-electron chi connectivity index (χ1n) is 6.55. The number of hydrogen-bond donors (Lipinski definition) is 2. The summed E-state index contributed by atoms with van der Waals surface area (Å²) < 4.78 is 4.68. The molecule has 0 spiro atoms. The molecule has 1 atom stereocenters. The molecule has 5 heteroatoms. The highest BCUT2D eigenvalue weighted by Crippen LogP contribution is 2.22. The van der Waals surface area contributed by atoms with E-state index in [1.807, 2.05) is 0 Å². The van der Waals surface area contributed by atoms with Crippen LogP contribution in [0.4, 0.5) is 11.5 Å². The Hall–Kier alpha value is -1.78. The Morgan fingerprint density at radius 3 is 2.68 bits per heavy atom. The second-order valence-corrected chi connectivity index (χ2v) is 5.13. The summed E-state index contributed by atoms with van der Waals surface area (Å²) in [4.78, 5) is 15.7. The van der Waals surface area contributed by atoms with Gasteiger partial charge in [0, 0.05) is 12.2 Å². The number of rotatable bonds is 6. The van der Waals surface area contributed by atoms with Gasteiger partial charge in [0.15, 0.2) is 0 Å². The molecule has 0 amide bonds. The monoisotopic (exact) mass is 265 g/mol. The second kappa shape index (κ2) is 6.97. The molecule has 0 radical (unpaired) electrons. The van der Waals surface area contributed by atoms with E-state index in [-0.39, 0.29) is 6.04 Å². The van der Waals surface area contributed by atoms with Crippen LogP contribution in [0.1, 0.15) is 44.0 Å². The Bertz CT molecular complexity index is 433. The van der Waals surface area contributed by atoms with E-state index in [2.05, 4.69) is 35.8 Å². The van der Waals surface area contributed by atoms with Gasteiger partial charge < -0.3 is 15.8 Å². The van der Waals surface area contributed by atoms with Crippen molar-refractivity contribution < 1.29 is 9.53 Å². The van der Waals surface area contributed by atoms with Crippen LogP contribution in [0.5, 0.6) is 0 Å². The zero-order valence-corrected chi connectivity index (χ0v) is 12.1. The smallest absolute Gasteiger partial charge is 0.340 e.